The molecule has 0 heterocycles. The molecule has 0 amide bonds. The van der Waals surface area contributed by atoms with Crippen molar-refractivity contribution in [3.63, 3.8) is 0 Å². The van der Waals surface area contributed by atoms with Crippen molar-refractivity contribution in [3.8, 4) is 0 Å². The lowest BCUT2D eigenvalue weighted by atomic mass is 9.95. The van der Waals surface area contributed by atoms with Crippen molar-refractivity contribution < 1.29 is 9.50 Å². The van der Waals surface area contributed by atoms with Gasteiger partial charge in [0.15, 0.2) is 5.67 Å². The first-order valence-electron chi connectivity index (χ1n) is 4.98. The predicted octanol–water partition coefficient (Wildman–Crippen LogP) is 3.64. The Morgan fingerprint density at radius 3 is 2.47 bits per heavy atom. The van der Waals surface area contributed by atoms with Crippen molar-refractivity contribution in [2.75, 3.05) is 6.61 Å². The summed E-state index contributed by atoms with van der Waals surface area (Å²) in [7, 11) is 0. The summed E-state index contributed by atoms with van der Waals surface area (Å²) in [5.41, 5.74) is -0.312. The van der Waals surface area contributed by atoms with E-state index < -0.39 is 12.3 Å². The van der Waals surface area contributed by atoms with Gasteiger partial charge in [0.25, 0.3) is 0 Å². The van der Waals surface area contributed by atoms with E-state index in [1.54, 1.807) is 12.1 Å². The lowest BCUT2D eigenvalue weighted by Crippen LogP contribution is -2.20. The smallest absolute Gasteiger partial charge is 0.156 e. The number of halogens is 2. The van der Waals surface area contributed by atoms with Crippen molar-refractivity contribution in [2.45, 2.75) is 32.4 Å². The fourth-order valence-corrected chi connectivity index (χ4v) is 1.81. The minimum absolute atomic E-state index is 0.312. The molecule has 0 aliphatic heterocycles. The van der Waals surface area contributed by atoms with Crippen molar-refractivity contribution in [3.05, 3.63) is 34.3 Å². The molecule has 0 bridgehead atoms. The summed E-state index contributed by atoms with van der Waals surface area (Å²) in [4.78, 5) is 0. The van der Waals surface area contributed by atoms with Crippen LogP contribution in [-0.4, -0.2) is 11.7 Å². The van der Waals surface area contributed by atoms with Crippen LogP contribution in [0.15, 0.2) is 18.2 Å². The first kappa shape index (κ1) is 12.5. The van der Waals surface area contributed by atoms with E-state index in [1.807, 2.05) is 19.9 Å². The van der Waals surface area contributed by atoms with Gasteiger partial charge >= 0.3 is 0 Å². The van der Waals surface area contributed by atoms with Gasteiger partial charge < -0.3 is 5.11 Å². The van der Waals surface area contributed by atoms with Gasteiger partial charge in [-0.05, 0) is 30.0 Å². The largest absolute Gasteiger partial charge is 0.393 e. The standard InChI is InChI=1S/C12H16ClFO/c1-8(2)10-5-4-9(6-11(10)13)12(3,14)7-15/h4-6,8,15H,7H2,1-3H3. The number of aliphatic hydroxyl groups is 1. The molecule has 0 fully saturated rings. The van der Waals surface area contributed by atoms with Crippen molar-refractivity contribution in [1.29, 1.82) is 0 Å². The van der Waals surface area contributed by atoms with E-state index in [1.165, 1.54) is 6.92 Å². The molecule has 1 rings (SSSR count). The molecule has 1 unspecified atom stereocenters. The van der Waals surface area contributed by atoms with Crippen LogP contribution in [0.2, 0.25) is 5.02 Å². The lowest BCUT2D eigenvalue weighted by molar-refractivity contribution is 0.0868. The van der Waals surface area contributed by atoms with E-state index in [2.05, 4.69) is 0 Å². The van der Waals surface area contributed by atoms with Gasteiger partial charge in [-0.2, -0.15) is 0 Å². The zero-order valence-electron chi connectivity index (χ0n) is 9.22. The minimum Gasteiger partial charge on any atom is -0.393 e. The highest BCUT2D eigenvalue weighted by molar-refractivity contribution is 6.31. The summed E-state index contributed by atoms with van der Waals surface area (Å²) in [6.45, 7) is 4.86. The highest BCUT2D eigenvalue weighted by atomic mass is 35.5. The van der Waals surface area contributed by atoms with Gasteiger partial charge in [-0.3, -0.25) is 0 Å². The number of benzene rings is 1. The molecule has 0 aromatic heterocycles. The average molecular weight is 231 g/mol. The maximum atomic E-state index is 13.8. The normalized spacial score (nSPS) is 15.4. The van der Waals surface area contributed by atoms with E-state index in [-0.39, 0.29) is 0 Å². The topological polar surface area (TPSA) is 20.2 Å². The highest BCUT2D eigenvalue weighted by Gasteiger charge is 2.25. The third kappa shape index (κ3) is 2.70. The van der Waals surface area contributed by atoms with Crippen LogP contribution in [0.5, 0.6) is 0 Å². The van der Waals surface area contributed by atoms with Gasteiger partial charge in [0, 0.05) is 5.02 Å². The summed E-state index contributed by atoms with van der Waals surface area (Å²) in [5.74, 6) is 0.312. The van der Waals surface area contributed by atoms with Gasteiger partial charge in [-0.1, -0.05) is 37.6 Å². The highest BCUT2D eigenvalue weighted by Crippen LogP contribution is 2.31. The first-order chi connectivity index (χ1) is 6.88. The predicted molar refractivity (Wildman–Crippen MR) is 61.1 cm³/mol. The van der Waals surface area contributed by atoms with Gasteiger partial charge in [-0.15, -0.1) is 0 Å². The zero-order chi connectivity index (χ0) is 11.6. The molecular formula is C12H16ClFO. The summed E-state index contributed by atoms with van der Waals surface area (Å²) in [5, 5.41) is 9.45. The van der Waals surface area contributed by atoms with Crippen molar-refractivity contribution >= 4 is 11.6 Å². The zero-order valence-corrected chi connectivity index (χ0v) is 9.98. The van der Waals surface area contributed by atoms with E-state index in [4.69, 9.17) is 16.7 Å². The van der Waals surface area contributed by atoms with Crippen LogP contribution < -0.4 is 0 Å². The fraction of sp³-hybridized carbons (Fsp3) is 0.500. The molecule has 0 spiro atoms. The summed E-state index contributed by atoms with van der Waals surface area (Å²) in [6, 6.07) is 5.08. The molecule has 1 nitrogen and oxygen atoms in total. The van der Waals surface area contributed by atoms with Crippen LogP contribution in [0, 0.1) is 0 Å². The molecule has 0 radical (unpaired) electrons. The molecule has 15 heavy (non-hydrogen) atoms. The molecule has 84 valence electrons. The average Bonchev–Trinajstić information content (AvgIpc) is 2.17. The number of aliphatic hydroxyl groups excluding tert-OH is 1. The Morgan fingerprint density at radius 2 is 2.07 bits per heavy atom. The molecule has 1 N–H and O–H groups in total. The maximum Gasteiger partial charge on any atom is 0.156 e. The van der Waals surface area contributed by atoms with E-state index in [0.717, 1.165) is 5.56 Å². The monoisotopic (exact) mass is 230 g/mol. The third-order valence-electron chi connectivity index (χ3n) is 2.52. The van der Waals surface area contributed by atoms with Gasteiger partial charge in [0.05, 0.1) is 6.61 Å². The van der Waals surface area contributed by atoms with Crippen LogP contribution in [0.1, 0.15) is 37.8 Å². The Kier molecular flexibility index (Phi) is 3.74. The quantitative estimate of drug-likeness (QED) is 0.841. The third-order valence-corrected chi connectivity index (χ3v) is 2.85. The van der Waals surface area contributed by atoms with E-state index in [0.29, 0.717) is 16.5 Å². The SMILES string of the molecule is CC(C)c1ccc(C(C)(F)CO)cc1Cl. The summed E-state index contributed by atoms with van der Waals surface area (Å²) >= 11 is 6.04. The Labute approximate surface area is 94.9 Å². The van der Waals surface area contributed by atoms with Gasteiger partial charge in [-0.25, -0.2) is 4.39 Å². The second kappa shape index (κ2) is 4.50. The Morgan fingerprint density at radius 1 is 1.47 bits per heavy atom. The molecule has 0 aliphatic carbocycles. The molecule has 0 saturated heterocycles. The van der Waals surface area contributed by atoms with Gasteiger partial charge in [0.1, 0.15) is 0 Å². The lowest BCUT2D eigenvalue weighted by Gasteiger charge is -2.19. The van der Waals surface area contributed by atoms with E-state index >= 15 is 0 Å². The number of hydrogen-bond acceptors (Lipinski definition) is 1. The second-order valence-corrected chi connectivity index (χ2v) is 4.65. The molecule has 0 aliphatic rings. The number of hydrogen-bond donors (Lipinski definition) is 1. The number of alkyl halides is 1. The molecule has 1 aromatic carbocycles. The van der Waals surface area contributed by atoms with Crippen LogP contribution in [-0.2, 0) is 5.67 Å². The van der Waals surface area contributed by atoms with Crippen LogP contribution >= 0.6 is 11.6 Å². The first-order valence-corrected chi connectivity index (χ1v) is 5.36. The molecule has 3 heteroatoms. The van der Waals surface area contributed by atoms with Crippen LogP contribution in [0.25, 0.3) is 0 Å². The maximum absolute atomic E-state index is 13.8. The molecule has 1 aromatic rings. The molecule has 1 atom stereocenters. The summed E-state index contributed by atoms with van der Waals surface area (Å²) < 4.78 is 13.8. The Balaban J connectivity index is 3.12. The molecule has 0 saturated carbocycles. The molecular weight excluding hydrogens is 215 g/mol. The fourth-order valence-electron chi connectivity index (χ4n) is 1.41. The van der Waals surface area contributed by atoms with Crippen LogP contribution in [0.4, 0.5) is 4.39 Å². The van der Waals surface area contributed by atoms with Crippen molar-refractivity contribution in [1.82, 2.24) is 0 Å². The van der Waals surface area contributed by atoms with E-state index in [9.17, 15) is 4.39 Å². The Bertz CT molecular complexity index is 347. The van der Waals surface area contributed by atoms with Crippen molar-refractivity contribution in [2.24, 2.45) is 0 Å². The summed E-state index contributed by atoms with van der Waals surface area (Å²) in [6.07, 6.45) is 0. The van der Waals surface area contributed by atoms with Gasteiger partial charge in [0.2, 0.25) is 0 Å². The number of rotatable bonds is 3. The minimum atomic E-state index is -1.72. The Hall–Kier alpha value is -0.600. The second-order valence-electron chi connectivity index (χ2n) is 4.25. The van der Waals surface area contributed by atoms with Crippen LogP contribution in [0.3, 0.4) is 0 Å².